The lowest BCUT2D eigenvalue weighted by Crippen LogP contribution is -2.27. The Bertz CT molecular complexity index is 685. The predicted octanol–water partition coefficient (Wildman–Crippen LogP) is 3.45. The molecule has 0 fully saturated rings. The van der Waals surface area contributed by atoms with Crippen molar-refractivity contribution in [2.75, 3.05) is 20.8 Å². The minimum atomic E-state index is 0.0344. The summed E-state index contributed by atoms with van der Waals surface area (Å²) in [4.78, 5) is 18.4. The highest BCUT2D eigenvalue weighted by Crippen LogP contribution is 2.27. The highest BCUT2D eigenvalue weighted by Gasteiger charge is 2.12. The van der Waals surface area contributed by atoms with Crippen LogP contribution in [0.3, 0.4) is 0 Å². The highest BCUT2D eigenvalue weighted by molar-refractivity contribution is 7.09. The maximum atomic E-state index is 12.2. The van der Waals surface area contributed by atoms with Gasteiger partial charge >= 0.3 is 0 Å². The van der Waals surface area contributed by atoms with Crippen LogP contribution >= 0.6 is 11.3 Å². The Morgan fingerprint density at radius 2 is 2.12 bits per heavy atom. The van der Waals surface area contributed by atoms with E-state index in [1.807, 2.05) is 30.5 Å². The van der Waals surface area contributed by atoms with Crippen molar-refractivity contribution in [2.45, 2.75) is 33.2 Å². The van der Waals surface area contributed by atoms with Gasteiger partial charge in [0.25, 0.3) is 0 Å². The van der Waals surface area contributed by atoms with Gasteiger partial charge in [-0.2, -0.15) is 0 Å². The average Bonchev–Trinajstić information content (AvgIpc) is 3.03. The molecule has 0 N–H and O–H groups in total. The van der Waals surface area contributed by atoms with Crippen molar-refractivity contribution in [1.29, 1.82) is 0 Å². The number of amides is 1. The molecule has 0 bridgehead atoms. The van der Waals surface area contributed by atoms with Crippen LogP contribution in [0.1, 0.15) is 29.6 Å². The molecule has 130 valence electrons. The smallest absolute Gasteiger partial charge is 0.226 e. The molecule has 5 nitrogen and oxygen atoms in total. The molecule has 24 heavy (non-hydrogen) atoms. The molecule has 0 aliphatic heterocycles. The van der Waals surface area contributed by atoms with Crippen LogP contribution in [0.4, 0.5) is 0 Å². The molecule has 0 aliphatic carbocycles. The molecule has 0 atom stereocenters. The number of ether oxygens (including phenoxy) is 2. The van der Waals surface area contributed by atoms with Gasteiger partial charge in [-0.3, -0.25) is 4.79 Å². The zero-order valence-electron chi connectivity index (χ0n) is 14.7. The van der Waals surface area contributed by atoms with E-state index in [0.29, 0.717) is 31.1 Å². The largest absolute Gasteiger partial charge is 0.493 e. The van der Waals surface area contributed by atoms with Gasteiger partial charge in [-0.15, -0.1) is 11.3 Å². The van der Waals surface area contributed by atoms with E-state index in [1.165, 1.54) is 0 Å². The van der Waals surface area contributed by atoms with E-state index in [-0.39, 0.29) is 5.91 Å². The lowest BCUT2D eigenvalue weighted by atomic mass is 10.2. The molecule has 0 saturated heterocycles. The second-order valence-electron chi connectivity index (χ2n) is 5.59. The topological polar surface area (TPSA) is 51.7 Å². The molecule has 1 amide bonds. The number of benzene rings is 1. The summed E-state index contributed by atoms with van der Waals surface area (Å²) in [6, 6.07) is 5.74. The van der Waals surface area contributed by atoms with Crippen molar-refractivity contribution in [1.82, 2.24) is 9.88 Å². The molecule has 1 heterocycles. The second kappa shape index (κ2) is 8.68. The highest BCUT2D eigenvalue weighted by atomic mass is 32.1. The zero-order valence-corrected chi connectivity index (χ0v) is 15.5. The number of thiazole rings is 1. The average molecular weight is 348 g/mol. The van der Waals surface area contributed by atoms with Crippen molar-refractivity contribution in [3.05, 3.63) is 39.8 Å². The fraction of sp³-hybridized carbons (Fsp3) is 0.444. The van der Waals surface area contributed by atoms with Gasteiger partial charge in [-0.05, 0) is 31.0 Å². The molecular formula is C18H24N2O3S. The Kier molecular flexibility index (Phi) is 6.61. The summed E-state index contributed by atoms with van der Waals surface area (Å²) in [7, 11) is 3.40. The van der Waals surface area contributed by atoms with Gasteiger partial charge < -0.3 is 14.4 Å². The number of rotatable bonds is 8. The monoisotopic (exact) mass is 348 g/mol. The number of carbonyl (C=O) groups is 1. The maximum Gasteiger partial charge on any atom is 0.226 e. The van der Waals surface area contributed by atoms with Gasteiger partial charge in [-0.25, -0.2) is 4.98 Å². The number of methoxy groups -OCH3 is 1. The standard InChI is InChI=1S/C18H24N2O3S/c1-5-17-19-14(12-24-17)11-20(3)18(21)8-9-23-15-7-6-13(2)10-16(15)22-4/h6-7,10,12H,5,8-9,11H2,1-4H3. The Balaban J connectivity index is 1.82. The van der Waals surface area contributed by atoms with Crippen LogP contribution in [-0.2, 0) is 17.8 Å². The summed E-state index contributed by atoms with van der Waals surface area (Å²) >= 11 is 1.64. The molecule has 2 aromatic rings. The quantitative estimate of drug-likeness (QED) is 0.733. The lowest BCUT2D eigenvalue weighted by molar-refractivity contribution is -0.131. The molecule has 6 heteroatoms. The second-order valence-corrected chi connectivity index (χ2v) is 6.53. The summed E-state index contributed by atoms with van der Waals surface area (Å²) in [5.74, 6) is 1.38. The Labute approximate surface area is 147 Å². The normalized spacial score (nSPS) is 10.5. The number of aromatic nitrogens is 1. The predicted molar refractivity (Wildman–Crippen MR) is 95.8 cm³/mol. The van der Waals surface area contributed by atoms with Crippen molar-refractivity contribution in [3.63, 3.8) is 0 Å². The van der Waals surface area contributed by atoms with Crippen LogP contribution in [0.5, 0.6) is 11.5 Å². The molecule has 0 unspecified atom stereocenters. The molecule has 0 spiro atoms. The van der Waals surface area contributed by atoms with Crippen LogP contribution in [0.2, 0.25) is 0 Å². The molecule has 0 saturated carbocycles. The van der Waals surface area contributed by atoms with Gasteiger partial charge in [0.2, 0.25) is 5.91 Å². The summed E-state index contributed by atoms with van der Waals surface area (Å²) < 4.78 is 11.0. The SMILES string of the molecule is CCc1nc(CN(C)C(=O)CCOc2ccc(C)cc2OC)cs1. The van der Waals surface area contributed by atoms with E-state index < -0.39 is 0 Å². The molecule has 2 rings (SSSR count). The number of nitrogens with zero attached hydrogens (tertiary/aromatic N) is 2. The van der Waals surface area contributed by atoms with E-state index in [0.717, 1.165) is 22.7 Å². The van der Waals surface area contributed by atoms with Crippen molar-refractivity contribution < 1.29 is 14.3 Å². The van der Waals surface area contributed by atoms with Crippen LogP contribution in [0, 0.1) is 6.92 Å². The molecular weight excluding hydrogens is 324 g/mol. The van der Waals surface area contributed by atoms with E-state index >= 15 is 0 Å². The summed E-state index contributed by atoms with van der Waals surface area (Å²) in [5, 5.41) is 3.11. The first kappa shape index (κ1) is 18.3. The number of carbonyl (C=O) groups excluding carboxylic acids is 1. The van der Waals surface area contributed by atoms with E-state index in [4.69, 9.17) is 9.47 Å². The third-order valence-electron chi connectivity index (χ3n) is 3.62. The lowest BCUT2D eigenvalue weighted by Gasteiger charge is -2.16. The van der Waals surface area contributed by atoms with Crippen LogP contribution in [0.15, 0.2) is 23.6 Å². The molecule has 0 radical (unpaired) electrons. The van der Waals surface area contributed by atoms with Crippen LogP contribution in [0.25, 0.3) is 0 Å². The number of aryl methyl sites for hydroxylation is 2. The summed E-state index contributed by atoms with van der Waals surface area (Å²) in [5.41, 5.74) is 2.04. The first-order chi connectivity index (χ1) is 11.5. The third-order valence-corrected chi connectivity index (χ3v) is 4.66. The van der Waals surface area contributed by atoms with Crippen molar-refractivity contribution in [2.24, 2.45) is 0 Å². The zero-order chi connectivity index (χ0) is 17.5. The fourth-order valence-electron chi connectivity index (χ4n) is 2.25. The number of hydrogen-bond donors (Lipinski definition) is 0. The summed E-state index contributed by atoms with van der Waals surface area (Å²) in [6.45, 7) is 4.92. The fourth-order valence-corrected chi connectivity index (χ4v) is 2.98. The van der Waals surface area contributed by atoms with Gasteiger partial charge in [0.1, 0.15) is 0 Å². The van der Waals surface area contributed by atoms with Gasteiger partial charge in [-0.1, -0.05) is 13.0 Å². The van der Waals surface area contributed by atoms with Crippen LogP contribution < -0.4 is 9.47 Å². The maximum absolute atomic E-state index is 12.2. The molecule has 1 aromatic heterocycles. The minimum Gasteiger partial charge on any atom is -0.493 e. The van der Waals surface area contributed by atoms with Crippen LogP contribution in [-0.4, -0.2) is 36.6 Å². The Hall–Kier alpha value is -2.08. The van der Waals surface area contributed by atoms with E-state index in [9.17, 15) is 4.79 Å². The van der Waals surface area contributed by atoms with Crippen molar-refractivity contribution >= 4 is 17.2 Å². The molecule has 1 aromatic carbocycles. The minimum absolute atomic E-state index is 0.0344. The first-order valence-corrected chi connectivity index (χ1v) is 8.86. The molecule has 0 aliphatic rings. The Morgan fingerprint density at radius 1 is 1.33 bits per heavy atom. The Morgan fingerprint density at radius 3 is 2.79 bits per heavy atom. The van der Waals surface area contributed by atoms with Gasteiger partial charge in [0.05, 0.1) is 37.4 Å². The van der Waals surface area contributed by atoms with Gasteiger partial charge in [0, 0.05) is 12.4 Å². The number of hydrogen-bond acceptors (Lipinski definition) is 5. The van der Waals surface area contributed by atoms with E-state index in [2.05, 4.69) is 11.9 Å². The van der Waals surface area contributed by atoms with Gasteiger partial charge in [0.15, 0.2) is 11.5 Å². The third kappa shape index (κ3) is 4.96. The first-order valence-electron chi connectivity index (χ1n) is 7.98. The van der Waals surface area contributed by atoms with Crippen molar-refractivity contribution in [3.8, 4) is 11.5 Å². The summed E-state index contributed by atoms with van der Waals surface area (Å²) in [6.07, 6.45) is 1.24. The van der Waals surface area contributed by atoms with E-state index in [1.54, 1.807) is 30.4 Å².